The first-order valence-corrected chi connectivity index (χ1v) is 22.7. The normalized spacial score (nSPS) is 21.5. The molecule has 2 saturated heterocycles. The molecule has 4 aromatic rings. The number of hydrogen-bond donors (Lipinski definition) is 2. The number of aromatic amines is 1. The number of likely N-dealkylation sites (tertiary alicyclic amines) is 2. The van der Waals surface area contributed by atoms with E-state index >= 15 is 17.6 Å². The van der Waals surface area contributed by atoms with Crippen molar-refractivity contribution < 1.29 is 46.2 Å². The minimum absolute atomic E-state index is 0.00203. The maximum Gasteiger partial charge on any atom is 0.407 e. The molecule has 1 saturated carbocycles. The van der Waals surface area contributed by atoms with Gasteiger partial charge in [-0.3, -0.25) is 19.4 Å². The van der Waals surface area contributed by atoms with Gasteiger partial charge >= 0.3 is 23.9 Å². The maximum absolute atomic E-state index is 16.3. The van der Waals surface area contributed by atoms with E-state index in [0.717, 1.165) is 42.7 Å². The fraction of sp³-hybridized carbons (Fsp3) is 0.480. The predicted molar refractivity (Wildman–Crippen MR) is 238 cm³/mol. The minimum Gasteiger partial charge on any atom is -0.469 e. The third-order valence-electron chi connectivity index (χ3n) is 14.5. The van der Waals surface area contributed by atoms with Crippen molar-refractivity contribution in [3.8, 4) is 33.5 Å². The highest BCUT2D eigenvalue weighted by Gasteiger charge is 2.63. The molecule has 12 nitrogen and oxygen atoms in total. The molecule has 16 heteroatoms. The Hall–Kier alpha value is -6.06. The summed E-state index contributed by atoms with van der Waals surface area (Å²) in [5.41, 5.74) is 2.14. The van der Waals surface area contributed by atoms with Crippen molar-refractivity contribution in [2.24, 2.45) is 28.2 Å². The molecule has 3 fully saturated rings. The number of methoxy groups -OCH3 is 2. The Bertz CT molecular complexity index is 2660. The number of halogens is 4. The number of rotatable bonds is 11. The number of esters is 1. The van der Waals surface area contributed by atoms with E-state index in [1.165, 1.54) is 32.5 Å². The zero-order valence-electron chi connectivity index (χ0n) is 37.9. The summed E-state index contributed by atoms with van der Waals surface area (Å²) in [7, 11) is 2.53. The van der Waals surface area contributed by atoms with Crippen LogP contribution in [0.25, 0.3) is 33.5 Å². The van der Waals surface area contributed by atoms with Crippen LogP contribution in [0.1, 0.15) is 94.8 Å². The molecule has 3 aliphatic heterocycles. The Kier molecular flexibility index (Phi) is 11.4. The van der Waals surface area contributed by atoms with E-state index < -0.39 is 53.0 Å². The summed E-state index contributed by atoms with van der Waals surface area (Å²) in [6.45, 7) is 8.48. The van der Waals surface area contributed by atoms with Crippen molar-refractivity contribution >= 4 is 35.3 Å². The molecule has 0 unspecified atom stereocenters. The van der Waals surface area contributed by atoms with Gasteiger partial charge in [0, 0.05) is 41.9 Å². The van der Waals surface area contributed by atoms with Crippen LogP contribution >= 0.6 is 0 Å². The lowest BCUT2D eigenvalue weighted by Crippen LogP contribution is -2.53. The number of alkyl halides is 4. The lowest BCUT2D eigenvalue weighted by Gasteiger charge is -2.35. The molecular weight excluding hydrogens is 857 g/mol. The number of aromatic nitrogens is 2. The Balaban J connectivity index is 0.956. The van der Waals surface area contributed by atoms with Gasteiger partial charge in [-0.25, -0.2) is 9.78 Å². The molecular formula is C50H54F4N6O6. The third-order valence-corrected chi connectivity index (χ3v) is 14.5. The molecule has 0 radical (unpaired) electrons. The molecule has 1 aromatic heterocycles. The van der Waals surface area contributed by atoms with Gasteiger partial charge in [0.05, 0.1) is 56.2 Å². The summed E-state index contributed by atoms with van der Waals surface area (Å²) in [4.78, 5) is 68.2. The van der Waals surface area contributed by atoms with E-state index in [2.05, 4.69) is 15.3 Å². The first-order valence-electron chi connectivity index (χ1n) is 22.7. The molecule has 2 N–H and O–H groups in total. The molecule has 9 rings (SSSR count). The monoisotopic (exact) mass is 910 g/mol. The number of carbonyl (C=O) groups is 4. The Morgan fingerprint density at radius 2 is 1.47 bits per heavy atom. The summed E-state index contributed by atoms with van der Waals surface area (Å²) in [5, 5.41) is 2.66. The van der Waals surface area contributed by atoms with E-state index in [-0.39, 0.29) is 58.2 Å². The van der Waals surface area contributed by atoms with E-state index in [1.807, 2.05) is 33.8 Å². The molecule has 348 valence electrons. The van der Waals surface area contributed by atoms with Crippen molar-refractivity contribution in [3.05, 3.63) is 83.3 Å². The molecule has 3 aromatic carbocycles. The maximum atomic E-state index is 16.3. The first-order chi connectivity index (χ1) is 31.4. The number of nitrogens with one attached hydrogen (secondary N) is 2. The molecule has 66 heavy (non-hydrogen) atoms. The second-order valence-corrected chi connectivity index (χ2v) is 19.3. The molecule has 1 spiro atoms. The Morgan fingerprint density at radius 3 is 2.11 bits per heavy atom. The average Bonchev–Trinajstić information content (AvgIpc) is 3.79. The van der Waals surface area contributed by atoms with E-state index in [4.69, 9.17) is 14.5 Å². The van der Waals surface area contributed by atoms with Crippen LogP contribution in [0.2, 0.25) is 0 Å². The van der Waals surface area contributed by atoms with Crippen LogP contribution in [0.3, 0.4) is 0 Å². The van der Waals surface area contributed by atoms with Crippen LogP contribution < -0.4 is 5.32 Å². The van der Waals surface area contributed by atoms with Gasteiger partial charge in [-0.2, -0.15) is 17.6 Å². The van der Waals surface area contributed by atoms with Crippen molar-refractivity contribution in [3.63, 3.8) is 0 Å². The third kappa shape index (κ3) is 7.72. The van der Waals surface area contributed by atoms with E-state index in [9.17, 15) is 19.2 Å². The number of hydrogen-bond acceptors (Lipinski definition) is 8. The lowest BCUT2D eigenvalue weighted by molar-refractivity contribution is -0.225. The highest BCUT2D eigenvalue weighted by molar-refractivity contribution is 6.01. The zero-order valence-corrected chi connectivity index (χ0v) is 37.9. The standard InChI is InChI=1S/C50H54F4N6O6/c1-26(2)34(22-42(61)65-5)45(62)60-25-48(15-16-48)23-41(60)44-55-24-39(57-44)30-10-13-33-32-12-9-29(19-35(32)49(51,52)50(53,54)36(33)20-30)28-11-14-37-31(18-28)21-38(56-37)40-8-7-17-59(40)46(63)43(27(3)4)58-47(64)66-6/h9-14,18-20,24,26-27,34,40-41,43H,7-8,15-17,21-23,25H2,1-6H3,(H,55,57)(H,58,64)/t34-,40-,41-,43-/m0/s1. The quantitative estimate of drug-likeness (QED) is 0.113. The summed E-state index contributed by atoms with van der Waals surface area (Å²) in [5.74, 6) is -10.5. The SMILES string of the molecule is COC(=O)C[C@H](C(=O)N1CC2(CC2)C[C@H]1c1ncc(-c2ccc3c(c2)C(F)(F)C(F)(F)c2cc(-c4ccc5c(c4)CC([C@@H]4CCCN4C(=O)[C@@H](NC(=O)OC)C(C)C)=N5)ccc2-3)[nH]1)C(C)C. The van der Waals surface area contributed by atoms with Crippen LogP contribution in [0, 0.1) is 23.2 Å². The fourth-order valence-corrected chi connectivity index (χ4v) is 10.4. The fourth-order valence-electron chi connectivity index (χ4n) is 10.4. The average molecular weight is 911 g/mol. The number of fused-ring (bicyclic) bond motifs is 4. The molecule has 5 aliphatic rings. The summed E-state index contributed by atoms with van der Waals surface area (Å²) >= 11 is 0. The summed E-state index contributed by atoms with van der Waals surface area (Å²) in [6, 6.07) is 12.2. The van der Waals surface area contributed by atoms with Gasteiger partial charge < -0.3 is 29.6 Å². The number of amides is 3. The van der Waals surface area contributed by atoms with E-state index in [1.54, 1.807) is 34.1 Å². The van der Waals surface area contributed by atoms with Crippen LogP contribution in [0.4, 0.5) is 28.0 Å². The van der Waals surface area contributed by atoms with Crippen molar-refractivity contribution in [1.82, 2.24) is 25.1 Å². The highest BCUT2D eigenvalue weighted by atomic mass is 19.3. The summed E-state index contributed by atoms with van der Waals surface area (Å²) < 4.78 is 75.0. The number of benzene rings is 3. The van der Waals surface area contributed by atoms with Gasteiger partial charge in [-0.15, -0.1) is 0 Å². The van der Waals surface area contributed by atoms with Gasteiger partial charge in [0.2, 0.25) is 11.8 Å². The number of ether oxygens (including phenoxy) is 2. The van der Waals surface area contributed by atoms with E-state index in [0.29, 0.717) is 60.7 Å². The molecule has 3 amide bonds. The minimum atomic E-state index is -4.57. The van der Waals surface area contributed by atoms with Gasteiger partial charge in [-0.1, -0.05) is 58.0 Å². The van der Waals surface area contributed by atoms with Gasteiger partial charge in [0.15, 0.2) is 0 Å². The zero-order chi connectivity index (χ0) is 47.0. The highest BCUT2D eigenvalue weighted by Crippen LogP contribution is 2.60. The van der Waals surface area contributed by atoms with Crippen molar-refractivity contribution in [1.29, 1.82) is 0 Å². The smallest absolute Gasteiger partial charge is 0.407 e. The molecule has 2 aliphatic carbocycles. The second-order valence-electron chi connectivity index (χ2n) is 19.3. The Labute approximate surface area is 380 Å². The number of carbonyl (C=O) groups excluding carboxylic acids is 4. The van der Waals surface area contributed by atoms with Crippen LogP contribution in [-0.4, -0.2) is 88.7 Å². The van der Waals surface area contributed by atoms with Gasteiger partial charge in [0.1, 0.15) is 11.9 Å². The number of aliphatic imine (C=N–C) groups is 1. The van der Waals surface area contributed by atoms with Gasteiger partial charge in [0.25, 0.3) is 0 Å². The number of alkyl carbamates (subject to hydrolysis) is 1. The van der Waals surface area contributed by atoms with Crippen molar-refractivity contribution in [2.45, 2.75) is 103 Å². The largest absolute Gasteiger partial charge is 0.469 e. The number of H-pyrrole nitrogens is 1. The van der Waals surface area contributed by atoms with Crippen molar-refractivity contribution in [2.75, 3.05) is 27.3 Å². The first kappa shape index (κ1) is 45.1. The lowest BCUT2D eigenvalue weighted by atomic mass is 9.78. The molecule has 4 heterocycles. The molecule has 4 atom stereocenters. The number of imidazole rings is 1. The second kappa shape index (κ2) is 16.7. The Morgan fingerprint density at radius 1 is 0.818 bits per heavy atom. The van der Waals surface area contributed by atoms with Gasteiger partial charge in [-0.05, 0) is 101 Å². The predicted octanol–water partition coefficient (Wildman–Crippen LogP) is 9.50. The van der Waals surface area contributed by atoms with Crippen LogP contribution in [0.15, 0.2) is 65.8 Å². The topological polar surface area (TPSA) is 146 Å². The van der Waals surface area contributed by atoms with Crippen LogP contribution in [-0.2, 0) is 42.1 Å². The van der Waals surface area contributed by atoms with Crippen LogP contribution in [0.5, 0.6) is 0 Å². The summed E-state index contributed by atoms with van der Waals surface area (Å²) in [6.07, 6.45) is 5.15. The number of nitrogens with zero attached hydrogens (tertiary/aromatic N) is 4. The molecule has 0 bridgehead atoms.